The fourth-order valence-electron chi connectivity index (χ4n) is 2.20. The molecule has 2 aromatic rings. The van der Waals surface area contributed by atoms with Crippen LogP contribution in [-0.4, -0.2) is 29.1 Å². The largest absolute Gasteiger partial charge is 0.386 e. The van der Waals surface area contributed by atoms with Crippen molar-refractivity contribution in [3.63, 3.8) is 0 Å². The summed E-state index contributed by atoms with van der Waals surface area (Å²) in [6, 6.07) is 6.22. The topological polar surface area (TPSA) is 69.5 Å². The maximum Gasteiger partial charge on any atom is 0.191 e. The number of aliphatic imine (C=N–C) groups is 1. The number of nitrogens with one attached hydrogen (secondary N) is 2. The van der Waals surface area contributed by atoms with Gasteiger partial charge in [-0.05, 0) is 18.9 Å². The molecule has 0 radical (unpaired) electrons. The van der Waals surface area contributed by atoms with Crippen LogP contribution in [-0.2, 0) is 6.54 Å². The minimum Gasteiger partial charge on any atom is -0.386 e. The number of halogens is 2. The summed E-state index contributed by atoms with van der Waals surface area (Å²) in [4.78, 5) is 9.04. The lowest BCUT2D eigenvalue weighted by Gasteiger charge is -2.15. The molecule has 0 saturated carbocycles. The molecule has 0 saturated heterocycles. The highest BCUT2D eigenvalue weighted by atomic mass is 127. The molecule has 1 aromatic heterocycles. The molecule has 144 valence electrons. The fourth-order valence-corrected chi connectivity index (χ4v) is 3.08. The van der Waals surface area contributed by atoms with Gasteiger partial charge in [-0.15, -0.1) is 35.3 Å². The first-order valence-electron chi connectivity index (χ1n) is 8.40. The molecule has 1 atom stereocenters. The lowest BCUT2D eigenvalue weighted by Crippen LogP contribution is -2.39. The SMILES string of the molecule is CCNC(=NCc1nc(C(C)C)cs1)NCC(O)c1ccccc1F.I. The van der Waals surface area contributed by atoms with Crippen LogP contribution in [0.15, 0.2) is 34.6 Å². The van der Waals surface area contributed by atoms with Gasteiger partial charge in [-0.2, -0.15) is 0 Å². The van der Waals surface area contributed by atoms with E-state index in [0.29, 0.717) is 25.0 Å². The number of aliphatic hydroxyl groups is 1. The van der Waals surface area contributed by atoms with Crippen LogP contribution in [0.5, 0.6) is 0 Å². The molecule has 1 heterocycles. The zero-order valence-corrected chi connectivity index (χ0v) is 18.3. The summed E-state index contributed by atoms with van der Waals surface area (Å²) in [5.74, 6) is 0.554. The first-order chi connectivity index (χ1) is 12.0. The Labute approximate surface area is 175 Å². The van der Waals surface area contributed by atoms with Crippen LogP contribution in [0.4, 0.5) is 4.39 Å². The number of hydrogen-bond donors (Lipinski definition) is 3. The summed E-state index contributed by atoms with van der Waals surface area (Å²) in [6.45, 7) is 7.50. The van der Waals surface area contributed by atoms with Crippen molar-refractivity contribution in [3.05, 3.63) is 51.7 Å². The van der Waals surface area contributed by atoms with Crippen molar-refractivity contribution < 1.29 is 9.50 Å². The summed E-state index contributed by atoms with van der Waals surface area (Å²) in [7, 11) is 0. The second kappa shape index (κ2) is 11.5. The van der Waals surface area contributed by atoms with E-state index in [-0.39, 0.29) is 36.1 Å². The smallest absolute Gasteiger partial charge is 0.191 e. The summed E-state index contributed by atoms with van der Waals surface area (Å²) >= 11 is 1.59. The second-order valence-corrected chi connectivity index (χ2v) is 6.88. The maximum absolute atomic E-state index is 13.7. The minimum absolute atomic E-state index is 0. The molecule has 0 bridgehead atoms. The van der Waals surface area contributed by atoms with Crippen LogP contribution < -0.4 is 10.6 Å². The number of nitrogens with zero attached hydrogens (tertiary/aromatic N) is 2. The summed E-state index contributed by atoms with van der Waals surface area (Å²) in [6.07, 6.45) is -0.947. The van der Waals surface area contributed by atoms with E-state index in [9.17, 15) is 9.50 Å². The van der Waals surface area contributed by atoms with Gasteiger partial charge in [0.2, 0.25) is 0 Å². The molecule has 0 aliphatic carbocycles. The lowest BCUT2D eigenvalue weighted by molar-refractivity contribution is 0.176. The molecule has 0 aliphatic heterocycles. The highest BCUT2D eigenvalue weighted by Crippen LogP contribution is 2.18. The van der Waals surface area contributed by atoms with E-state index in [1.54, 1.807) is 29.5 Å². The van der Waals surface area contributed by atoms with Gasteiger partial charge in [0.1, 0.15) is 10.8 Å². The van der Waals surface area contributed by atoms with E-state index in [4.69, 9.17) is 0 Å². The summed E-state index contributed by atoms with van der Waals surface area (Å²) in [5, 5.41) is 19.3. The van der Waals surface area contributed by atoms with E-state index in [1.807, 2.05) is 6.92 Å². The monoisotopic (exact) mass is 492 g/mol. The van der Waals surface area contributed by atoms with E-state index in [0.717, 1.165) is 10.7 Å². The molecule has 1 unspecified atom stereocenters. The zero-order valence-electron chi connectivity index (χ0n) is 15.2. The third kappa shape index (κ3) is 6.81. The van der Waals surface area contributed by atoms with Crippen LogP contribution >= 0.6 is 35.3 Å². The Balaban J connectivity index is 0.00000338. The van der Waals surface area contributed by atoms with Crippen LogP contribution in [0.3, 0.4) is 0 Å². The van der Waals surface area contributed by atoms with Gasteiger partial charge in [-0.3, -0.25) is 0 Å². The van der Waals surface area contributed by atoms with Crippen LogP contribution in [0.25, 0.3) is 0 Å². The van der Waals surface area contributed by atoms with E-state index in [1.165, 1.54) is 6.07 Å². The number of guanidine groups is 1. The molecule has 0 aliphatic rings. The minimum atomic E-state index is -0.947. The number of aromatic nitrogens is 1. The lowest BCUT2D eigenvalue weighted by atomic mass is 10.1. The molecule has 26 heavy (non-hydrogen) atoms. The van der Waals surface area contributed by atoms with Gasteiger partial charge in [-0.25, -0.2) is 14.4 Å². The predicted molar refractivity (Wildman–Crippen MR) is 116 cm³/mol. The van der Waals surface area contributed by atoms with Gasteiger partial charge in [-0.1, -0.05) is 32.0 Å². The number of benzene rings is 1. The first kappa shape index (κ1) is 22.8. The molecule has 3 N–H and O–H groups in total. The molecule has 5 nitrogen and oxygen atoms in total. The maximum atomic E-state index is 13.7. The average molecular weight is 492 g/mol. The molecule has 0 spiro atoms. The van der Waals surface area contributed by atoms with Crippen molar-refractivity contribution in [3.8, 4) is 0 Å². The second-order valence-electron chi connectivity index (χ2n) is 5.93. The third-order valence-corrected chi connectivity index (χ3v) is 4.46. The molecule has 0 amide bonds. The Morgan fingerprint density at radius 1 is 1.31 bits per heavy atom. The number of thiazole rings is 1. The van der Waals surface area contributed by atoms with E-state index < -0.39 is 11.9 Å². The van der Waals surface area contributed by atoms with Crippen molar-refractivity contribution in [2.45, 2.75) is 39.3 Å². The Morgan fingerprint density at radius 2 is 2.04 bits per heavy atom. The number of hydrogen-bond acceptors (Lipinski definition) is 4. The quantitative estimate of drug-likeness (QED) is 0.313. The Hall–Kier alpha value is -1.26. The molecule has 1 aromatic carbocycles. The third-order valence-electron chi connectivity index (χ3n) is 3.60. The molecule has 0 fully saturated rings. The Kier molecular flexibility index (Phi) is 10.0. The van der Waals surface area contributed by atoms with E-state index >= 15 is 0 Å². The predicted octanol–water partition coefficient (Wildman–Crippen LogP) is 3.81. The molecular weight excluding hydrogens is 466 g/mol. The first-order valence-corrected chi connectivity index (χ1v) is 9.28. The molecule has 2 rings (SSSR count). The van der Waals surface area contributed by atoms with Gasteiger partial charge in [0.05, 0.1) is 18.3 Å². The highest BCUT2D eigenvalue weighted by Gasteiger charge is 2.12. The van der Waals surface area contributed by atoms with Crippen molar-refractivity contribution >= 4 is 41.3 Å². The fraction of sp³-hybridized carbons (Fsp3) is 0.444. The highest BCUT2D eigenvalue weighted by molar-refractivity contribution is 14.0. The van der Waals surface area contributed by atoms with Gasteiger partial charge in [0.15, 0.2) is 5.96 Å². The normalized spacial score (nSPS) is 12.6. The van der Waals surface area contributed by atoms with Crippen molar-refractivity contribution in [2.24, 2.45) is 4.99 Å². The molecule has 8 heteroatoms. The number of rotatable bonds is 7. The van der Waals surface area contributed by atoms with Crippen LogP contribution in [0.1, 0.15) is 49.1 Å². The van der Waals surface area contributed by atoms with Crippen LogP contribution in [0.2, 0.25) is 0 Å². The molecular formula is C18H26FIN4OS. The Morgan fingerprint density at radius 3 is 2.65 bits per heavy atom. The number of aliphatic hydroxyl groups excluding tert-OH is 1. The van der Waals surface area contributed by atoms with Crippen molar-refractivity contribution in [1.29, 1.82) is 0 Å². The van der Waals surface area contributed by atoms with Crippen molar-refractivity contribution in [2.75, 3.05) is 13.1 Å². The average Bonchev–Trinajstić information content (AvgIpc) is 3.07. The van der Waals surface area contributed by atoms with Gasteiger partial charge in [0.25, 0.3) is 0 Å². The van der Waals surface area contributed by atoms with Gasteiger partial charge >= 0.3 is 0 Å². The summed E-state index contributed by atoms with van der Waals surface area (Å²) in [5.41, 5.74) is 1.34. The van der Waals surface area contributed by atoms with Crippen molar-refractivity contribution in [1.82, 2.24) is 15.6 Å². The van der Waals surface area contributed by atoms with Gasteiger partial charge in [0, 0.05) is 24.0 Å². The van der Waals surface area contributed by atoms with Crippen LogP contribution in [0, 0.1) is 5.82 Å². The van der Waals surface area contributed by atoms with E-state index in [2.05, 4.69) is 39.8 Å². The standard InChI is InChI=1S/C18H25FN4OS.HI/c1-4-20-18(22-10-17-23-15(11-25-17)12(2)3)21-9-16(24)13-7-5-6-8-14(13)19;/h5-8,11-12,16,24H,4,9-10H2,1-3H3,(H2,20,21,22);1H. The Bertz CT molecular complexity index is 708. The zero-order chi connectivity index (χ0) is 18.2. The van der Waals surface area contributed by atoms with Gasteiger partial charge < -0.3 is 15.7 Å². The summed E-state index contributed by atoms with van der Waals surface area (Å²) < 4.78 is 13.7.